The third-order valence-corrected chi connectivity index (χ3v) is 3.66. The third kappa shape index (κ3) is 2.62. The number of hydrogen-bond acceptors (Lipinski definition) is 2. The van der Waals surface area contributed by atoms with Gasteiger partial charge in [-0.05, 0) is 40.4 Å². The normalized spacial score (nSPS) is 10.9. The Morgan fingerprint density at radius 1 is 1.33 bits per heavy atom. The van der Waals surface area contributed by atoms with E-state index in [-0.39, 0.29) is 5.82 Å². The zero-order chi connectivity index (χ0) is 13.1. The van der Waals surface area contributed by atoms with Crippen LogP contribution < -0.4 is 5.73 Å². The van der Waals surface area contributed by atoms with E-state index in [4.69, 9.17) is 5.73 Å². The second-order valence-corrected chi connectivity index (χ2v) is 4.87. The lowest BCUT2D eigenvalue weighted by atomic mass is 10.1. The molecule has 0 saturated carbocycles. The van der Waals surface area contributed by atoms with E-state index in [1.54, 1.807) is 6.07 Å². The summed E-state index contributed by atoms with van der Waals surface area (Å²) in [7, 11) is 1.93. The number of nitrogens with zero attached hydrogens (tertiary/aromatic N) is 2. The number of halogens is 2. The number of hydrogen-bond donors (Lipinski definition) is 1. The Kier molecular flexibility index (Phi) is 4.14. The van der Waals surface area contributed by atoms with Crippen molar-refractivity contribution in [3.05, 3.63) is 51.8 Å². The van der Waals surface area contributed by atoms with Crippen LogP contribution in [0.15, 0.2) is 28.9 Å². The number of aryl methyl sites for hydroxylation is 1. The molecule has 0 bridgehead atoms. The van der Waals surface area contributed by atoms with Gasteiger partial charge in [-0.1, -0.05) is 18.2 Å². The summed E-state index contributed by atoms with van der Waals surface area (Å²) in [6.45, 7) is 0.398. The van der Waals surface area contributed by atoms with Crippen molar-refractivity contribution in [2.24, 2.45) is 12.8 Å². The van der Waals surface area contributed by atoms with Crippen molar-refractivity contribution in [2.45, 2.75) is 19.4 Å². The summed E-state index contributed by atoms with van der Waals surface area (Å²) >= 11 is 3.42. The molecule has 1 heterocycles. The van der Waals surface area contributed by atoms with Crippen LogP contribution in [0.5, 0.6) is 0 Å². The van der Waals surface area contributed by atoms with E-state index in [2.05, 4.69) is 20.9 Å². The largest absolute Gasteiger partial charge is 0.333 e. The molecule has 1 aromatic carbocycles. The topological polar surface area (TPSA) is 43.8 Å². The number of benzene rings is 1. The second-order valence-electron chi connectivity index (χ2n) is 4.12. The molecule has 5 heteroatoms. The lowest BCUT2D eigenvalue weighted by Gasteiger charge is -2.06. The number of aromatic nitrogens is 2. The average Bonchev–Trinajstić information content (AvgIpc) is 2.64. The Bertz CT molecular complexity index is 551. The van der Waals surface area contributed by atoms with Gasteiger partial charge < -0.3 is 10.3 Å². The van der Waals surface area contributed by atoms with Crippen molar-refractivity contribution in [1.29, 1.82) is 0 Å². The van der Waals surface area contributed by atoms with Crippen LogP contribution in [0, 0.1) is 5.82 Å². The van der Waals surface area contributed by atoms with E-state index in [0.717, 1.165) is 28.1 Å². The maximum atomic E-state index is 13.5. The van der Waals surface area contributed by atoms with Crippen LogP contribution in [0.4, 0.5) is 4.39 Å². The van der Waals surface area contributed by atoms with E-state index in [0.29, 0.717) is 13.0 Å². The van der Waals surface area contributed by atoms with Crippen LogP contribution in [0.1, 0.15) is 17.1 Å². The summed E-state index contributed by atoms with van der Waals surface area (Å²) in [5.41, 5.74) is 7.36. The predicted molar refractivity (Wildman–Crippen MR) is 72.6 cm³/mol. The van der Waals surface area contributed by atoms with Crippen molar-refractivity contribution < 1.29 is 4.39 Å². The monoisotopic (exact) mass is 311 g/mol. The molecule has 0 saturated heterocycles. The minimum atomic E-state index is -0.158. The molecule has 1 aromatic heterocycles. The minimum absolute atomic E-state index is 0.158. The van der Waals surface area contributed by atoms with Crippen LogP contribution in [-0.2, 0) is 26.4 Å². The van der Waals surface area contributed by atoms with Crippen LogP contribution >= 0.6 is 15.9 Å². The molecule has 96 valence electrons. The Morgan fingerprint density at radius 2 is 2.06 bits per heavy atom. The molecule has 0 unspecified atom stereocenters. The first-order chi connectivity index (χ1) is 8.63. The summed E-state index contributed by atoms with van der Waals surface area (Å²) in [4.78, 5) is 4.32. The molecular weight excluding hydrogens is 297 g/mol. The molecule has 0 aliphatic heterocycles. The summed E-state index contributed by atoms with van der Waals surface area (Å²) in [6, 6.07) is 6.84. The molecule has 0 spiro atoms. The second kappa shape index (κ2) is 5.63. The molecule has 18 heavy (non-hydrogen) atoms. The van der Waals surface area contributed by atoms with Crippen LogP contribution in [-0.4, -0.2) is 9.55 Å². The molecule has 2 aromatic rings. The van der Waals surface area contributed by atoms with Gasteiger partial charge in [0.15, 0.2) is 0 Å². The minimum Gasteiger partial charge on any atom is -0.333 e. The summed E-state index contributed by atoms with van der Waals surface area (Å²) in [5.74, 6) is 0.667. The number of rotatable bonds is 4. The molecule has 2 rings (SSSR count). The Morgan fingerprint density at radius 3 is 2.67 bits per heavy atom. The van der Waals surface area contributed by atoms with Gasteiger partial charge in [0.05, 0.1) is 12.2 Å². The first-order valence-corrected chi connectivity index (χ1v) is 6.56. The number of imidazole rings is 1. The van der Waals surface area contributed by atoms with Crippen molar-refractivity contribution in [3.63, 3.8) is 0 Å². The molecule has 0 aliphatic rings. The van der Waals surface area contributed by atoms with E-state index in [1.807, 2.05) is 23.7 Å². The van der Waals surface area contributed by atoms with Crippen molar-refractivity contribution >= 4 is 15.9 Å². The van der Waals surface area contributed by atoms with Gasteiger partial charge >= 0.3 is 0 Å². The average molecular weight is 312 g/mol. The van der Waals surface area contributed by atoms with Crippen molar-refractivity contribution in [3.8, 4) is 0 Å². The maximum absolute atomic E-state index is 13.5. The molecule has 0 amide bonds. The zero-order valence-electron chi connectivity index (χ0n) is 10.2. The van der Waals surface area contributed by atoms with Gasteiger partial charge in [-0.3, -0.25) is 0 Å². The molecule has 0 radical (unpaired) electrons. The van der Waals surface area contributed by atoms with Gasteiger partial charge in [-0.25, -0.2) is 9.37 Å². The highest BCUT2D eigenvalue weighted by Gasteiger charge is 2.12. The zero-order valence-corrected chi connectivity index (χ0v) is 11.7. The molecule has 0 aliphatic carbocycles. The van der Waals surface area contributed by atoms with E-state index in [9.17, 15) is 4.39 Å². The third-order valence-electron chi connectivity index (χ3n) is 3.03. The molecule has 3 nitrogen and oxygen atoms in total. The first kappa shape index (κ1) is 13.2. The Hall–Kier alpha value is -1.20. The van der Waals surface area contributed by atoms with Crippen molar-refractivity contribution in [2.75, 3.05) is 0 Å². The van der Waals surface area contributed by atoms with Crippen LogP contribution in [0.25, 0.3) is 0 Å². The van der Waals surface area contributed by atoms with E-state index >= 15 is 0 Å². The quantitative estimate of drug-likeness (QED) is 0.943. The van der Waals surface area contributed by atoms with Gasteiger partial charge in [-0.15, -0.1) is 0 Å². The Labute approximate surface area is 114 Å². The highest BCUT2D eigenvalue weighted by Crippen LogP contribution is 2.19. The lowest BCUT2D eigenvalue weighted by Crippen LogP contribution is -2.07. The summed E-state index contributed by atoms with van der Waals surface area (Å²) in [5, 5.41) is 0. The van der Waals surface area contributed by atoms with E-state index < -0.39 is 0 Å². The standard InChI is InChI=1S/C13H15BrFN3/c1-18-11(13(14)17-12(18)8-16)7-6-9-4-2-3-5-10(9)15/h2-5H,6-8,16H2,1H3. The van der Waals surface area contributed by atoms with Crippen LogP contribution in [0.2, 0.25) is 0 Å². The Balaban J connectivity index is 2.16. The van der Waals surface area contributed by atoms with Crippen LogP contribution in [0.3, 0.4) is 0 Å². The highest BCUT2D eigenvalue weighted by molar-refractivity contribution is 9.10. The lowest BCUT2D eigenvalue weighted by molar-refractivity contribution is 0.606. The fourth-order valence-corrected chi connectivity index (χ4v) is 2.62. The number of nitrogens with two attached hydrogens (primary N) is 1. The maximum Gasteiger partial charge on any atom is 0.127 e. The highest BCUT2D eigenvalue weighted by atomic mass is 79.9. The fraction of sp³-hybridized carbons (Fsp3) is 0.308. The molecule has 0 atom stereocenters. The fourth-order valence-electron chi connectivity index (χ4n) is 1.95. The molecule has 2 N–H and O–H groups in total. The van der Waals surface area contributed by atoms with Gasteiger partial charge in [0.25, 0.3) is 0 Å². The van der Waals surface area contributed by atoms with Gasteiger partial charge in [-0.2, -0.15) is 0 Å². The summed E-state index contributed by atoms with van der Waals surface area (Å²) in [6.07, 6.45) is 1.37. The first-order valence-electron chi connectivity index (χ1n) is 5.77. The summed E-state index contributed by atoms with van der Waals surface area (Å²) < 4.78 is 16.3. The smallest absolute Gasteiger partial charge is 0.127 e. The van der Waals surface area contributed by atoms with Crippen molar-refractivity contribution in [1.82, 2.24) is 9.55 Å². The SMILES string of the molecule is Cn1c(CN)nc(Br)c1CCc1ccccc1F. The predicted octanol–water partition coefficient (Wildman–Crippen LogP) is 2.57. The van der Waals surface area contributed by atoms with Gasteiger partial charge in [0.2, 0.25) is 0 Å². The van der Waals surface area contributed by atoms with Gasteiger partial charge in [0.1, 0.15) is 16.2 Å². The molecule has 0 fully saturated rings. The van der Waals surface area contributed by atoms with E-state index in [1.165, 1.54) is 6.07 Å². The van der Waals surface area contributed by atoms with Gasteiger partial charge in [0, 0.05) is 7.05 Å². The molecular formula is C13H15BrFN3.